The van der Waals surface area contributed by atoms with Crippen molar-refractivity contribution in [3.8, 4) is 0 Å². The number of hydrogen-bond donors (Lipinski definition) is 2. The van der Waals surface area contributed by atoms with E-state index < -0.39 is 33.5 Å². The number of aliphatic carboxylic acids is 1. The van der Waals surface area contributed by atoms with Crippen molar-refractivity contribution in [2.24, 2.45) is 0 Å². The second-order valence-corrected chi connectivity index (χ2v) is 5.28. The molecule has 0 aromatic carbocycles. The zero-order chi connectivity index (χ0) is 11.4. The lowest BCUT2D eigenvalue weighted by atomic mass is 10.2. The molecule has 0 fully saturated rings. The molecule has 0 aliphatic rings. The van der Waals surface area contributed by atoms with Crippen LogP contribution in [0.5, 0.6) is 0 Å². The van der Waals surface area contributed by atoms with Crippen molar-refractivity contribution in [3.63, 3.8) is 0 Å². The van der Waals surface area contributed by atoms with Crippen LogP contribution in [0.1, 0.15) is 13.3 Å². The molecule has 0 saturated carbocycles. The minimum atomic E-state index is -3.36. The van der Waals surface area contributed by atoms with E-state index >= 15 is 0 Å². The highest BCUT2D eigenvalue weighted by atomic mass is 32.2. The first-order chi connectivity index (χ1) is 6.20. The first kappa shape index (κ1) is 12.9. The molecule has 0 aromatic rings. The van der Waals surface area contributed by atoms with E-state index in [1.54, 1.807) is 0 Å². The Morgan fingerprint density at radius 1 is 1.43 bits per heavy atom. The Labute approximate surface area is 82.2 Å². The molecule has 0 radical (unpaired) electrons. The van der Waals surface area contributed by atoms with Crippen LogP contribution in [0.3, 0.4) is 0 Å². The van der Waals surface area contributed by atoms with Gasteiger partial charge >= 0.3 is 5.97 Å². The van der Waals surface area contributed by atoms with E-state index in [2.05, 4.69) is 5.32 Å². The van der Waals surface area contributed by atoms with Gasteiger partial charge in [-0.2, -0.15) is 0 Å². The lowest BCUT2D eigenvalue weighted by Crippen LogP contribution is -2.37. The summed E-state index contributed by atoms with van der Waals surface area (Å²) in [6, 6.07) is -0.568. The molecule has 2 N–H and O–H groups in total. The SMILES string of the molecule is CC(CC(=O)O)NC(=O)CS(C)(=O)=O. The number of nitrogens with one attached hydrogen (secondary N) is 1. The average Bonchev–Trinajstić information content (AvgIpc) is 1.77. The van der Waals surface area contributed by atoms with Gasteiger partial charge in [-0.15, -0.1) is 0 Å². The van der Waals surface area contributed by atoms with E-state index in [4.69, 9.17) is 5.11 Å². The van der Waals surface area contributed by atoms with Gasteiger partial charge in [0.05, 0.1) is 6.42 Å². The standard InChI is InChI=1S/C7H13NO5S/c1-5(3-7(10)11)8-6(9)4-14(2,12)13/h5H,3-4H2,1-2H3,(H,8,9)(H,10,11). The summed E-state index contributed by atoms with van der Waals surface area (Å²) in [6.45, 7) is 1.49. The molecular formula is C7H13NO5S. The first-order valence-corrected chi connectivity index (χ1v) is 5.95. The quantitative estimate of drug-likeness (QED) is 0.623. The summed E-state index contributed by atoms with van der Waals surface area (Å²) in [5.74, 6) is -2.34. The minimum Gasteiger partial charge on any atom is -0.481 e. The lowest BCUT2D eigenvalue weighted by molar-refractivity contribution is -0.137. The van der Waals surface area contributed by atoms with Crippen LogP contribution < -0.4 is 5.32 Å². The van der Waals surface area contributed by atoms with Gasteiger partial charge in [0.15, 0.2) is 9.84 Å². The summed E-state index contributed by atoms with van der Waals surface area (Å²) < 4.78 is 21.3. The van der Waals surface area contributed by atoms with Gasteiger partial charge < -0.3 is 10.4 Å². The van der Waals surface area contributed by atoms with Crippen LogP contribution >= 0.6 is 0 Å². The van der Waals surface area contributed by atoms with E-state index in [0.29, 0.717) is 0 Å². The average molecular weight is 223 g/mol. The highest BCUT2D eigenvalue weighted by molar-refractivity contribution is 7.91. The van der Waals surface area contributed by atoms with E-state index in [1.807, 2.05) is 0 Å². The number of carboxylic acids is 1. The number of carbonyl (C=O) groups is 2. The molecule has 1 amide bonds. The molecule has 1 unspecified atom stereocenters. The van der Waals surface area contributed by atoms with Crippen LogP contribution in [-0.4, -0.2) is 43.5 Å². The summed E-state index contributed by atoms with van der Waals surface area (Å²) in [7, 11) is -3.36. The van der Waals surface area contributed by atoms with Crippen molar-refractivity contribution < 1.29 is 23.1 Å². The predicted octanol–water partition coefficient (Wildman–Crippen LogP) is -0.990. The van der Waals surface area contributed by atoms with Gasteiger partial charge in [-0.1, -0.05) is 0 Å². The van der Waals surface area contributed by atoms with Crippen molar-refractivity contribution in [3.05, 3.63) is 0 Å². The maximum atomic E-state index is 11.0. The summed E-state index contributed by atoms with van der Waals surface area (Å²) >= 11 is 0. The fraction of sp³-hybridized carbons (Fsp3) is 0.714. The van der Waals surface area contributed by atoms with Gasteiger partial charge in [0.2, 0.25) is 5.91 Å². The largest absolute Gasteiger partial charge is 0.481 e. The fourth-order valence-corrected chi connectivity index (χ4v) is 1.43. The molecule has 0 aliphatic heterocycles. The second kappa shape index (κ2) is 4.94. The molecule has 0 rings (SSSR count). The molecule has 1 atom stereocenters. The Kier molecular flexibility index (Phi) is 4.55. The Morgan fingerprint density at radius 2 is 1.93 bits per heavy atom. The predicted molar refractivity (Wildman–Crippen MR) is 49.6 cm³/mol. The summed E-state index contributed by atoms with van der Waals surface area (Å²) in [5.41, 5.74) is 0. The van der Waals surface area contributed by atoms with Crippen LogP contribution in [0.4, 0.5) is 0 Å². The molecule has 14 heavy (non-hydrogen) atoms. The number of carbonyl (C=O) groups excluding carboxylic acids is 1. The Morgan fingerprint density at radius 3 is 2.29 bits per heavy atom. The van der Waals surface area contributed by atoms with Crippen LogP contribution in [0.15, 0.2) is 0 Å². The molecule has 0 heterocycles. The number of hydrogen-bond acceptors (Lipinski definition) is 4. The smallest absolute Gasteiger partial charge is 0.305 e. The maximum absolute atomic E-state index is 11.0. The molecule has 0 saturated heterocycles. The number of amides is 1. The lowest BCUT2D eigenvalue weighted by Gasteiger charge is -2.10. The molecule has 0 spiro atoms. The molecule has 0 aliphatic carbocycles. The van der Waals surface area contributed by atoms with Gasteiger partial charge in [0, 0.05) is 12.3 Å². The highest BCUT2D eigenvalue weighted by Gasteiger charge is 2.14. The molecule has 0 aromatic heterocycles. The van der Waals surface area contributed by atoms with Gasteiger partial charge in [-0.25, -0.2) is 8.42 Å². The number of carboxylic acid groups (broad SMARTS) is 1. The monoisotopic (exact) mass is 223 g/mol. The summed E-state index contributed by atoms with van der Waals surface area (Å²) in [4.78, 5) is 21.2. The van der Waals surface area contributed by atoms with Crippen molar-refractivity contribution in [1.29, 1.82) is 0 Å². The summed E-state index contributed by atoms with van der Waals surface area (Å²) in [6.07, 6.45) is 0.712. The number of rotatable bonds is 5. The van der Waals surface area contributed by atoms with Crippen LogP contribution in [-0.2, 0) is 19.4 Å². The maximum Gasteiger partial charge on any atom is 0.305 e. The van der Waals surface area contributed by atoms with E-state index in [9.17, 15) is 18.0 Å². The highest BCUT2D eigenvalue weighted by Crippen LogP contribution is 1.91. The van der Waals surface area contributed by atoms with Gasteiger partial charge in [-0.05, 0) is 6.92 Å². The van der Waals surface area contributed by atoms with Crippen LogP contribution in [0.25, 0.3) is 0 Å². The van der Waals surface area contributed by atoms with Crippen molar-refractivity contribution in [2.45, 2.75) is 19.4 Å². The van der Waals surface area contributed by atoms with Crippen molar-refractivity contribution >= 4 is 21.7 Å². The molecular weight excluding hydrogens is 210 g/mol. The van der Waals surface area contributed by atoms with Crippen LogP contribution in [0, 0.1) is 0 Å². The Hall–Kier alpha value is -1.11. The van der Waals surface area contributed by atoms with E-state index in [0.717, 1.165) is 6.26 Å². The van der Waals surface area contributed by atoms with Crippen molar-refractivity contribution in [1.82, 2.24) is 5.32 Å². The van der Waals surface area contributed by atoms with Crippen molar-refractivity contribution in [2.75, 3.05) is 12.0 Å². The third-order valence-corrected chi connectivity index (χ3v) is 2.07. The van der Waals surface area contributed by atoms with Gasteiger partial charge in [-0.3, -0.25) is 9.59 Å². The number of sulfone groups is 1. The minimum absolute atomic E-state index is 0.227. The van der Waals surface area contributed by atoms with Gasteiger partial charge in [0.1, 0.15) is 5.75 Å². The van der Waals surface area contributed by atoms with E-state index in [1.165, 1.54) is 6.92 Å². The van der Waals surface area contributed by atoms with E-state index in [-0.39, 0.29) is 6.42 Å². The molecule has 0 bridgehead atoms. The zero-order valence-corrected chi connectivity index (χ0v) is 8.80. The van der Waals surface area contributed by atoms with Gasteiger partial charge in [0.25, 0.3) is 0 Å². The molecule has 6 nitrogen and oxygen atoms in total. The Bertz CT molecular complexity index is 321. The third kappa shape index (κ3) is 7.53. The zero-order valence-electron chi connectivity index (χ0n) is 7.98. The van der Waals surface area contributed by atoms with Crippen LogP contribution in [0.2, 0.25) is 0 Å². The third-order valence-electron chi connectivity index (χ3n) is 1.28. The molecule has 82 valence electrons. The normalized spacial score (nSPS) is 13.3. The summed E-state index contributed by atoms with van der Waals surface area (Å²) in [5, 5.41) is 10.6. The Balaban J connectivity index is 4.01. The first-order valence-electron chi connectivity index (χ1n) is 3.89. The fourth-order valence-electron chi connectivity index (χ4n) is 0.868. The molecule has 7 heteroatoms. The topological polar surface area (TPSA) is 101 Å². The second-order valence-electron chi connectivity index (χ2n) is 3.14.